The van der Waals surface area contributed by atoms with Crippen molar-refractivity contribution in [3.05, 3.63) is 82.2 Å². The first-order valence-corrected chi connectivity index (χ1v) is 7.62. The van der Waals surface area contributed by atoms with Crippen LogP contribution in [-0.4, -0.2) is 18.4 Å². The fraction of sp³-hybridized carbons (Fsp3) is 0.278. The van der Waals surface area contributed by atoms with Crippen LogP contribution in [-0.2, 0) is 10.3 Å². The van der Waals surface area contributed by atoms with E-state index in [1.54, 1.807) is 12.1 Å². The van der Waals surface area contributed by atoms with Crippen molar-refractivity contribution in [2.45, 2.75) is 24.5 Å². The van der Waals surface area contributed by atoms with Crippen LogP contribution in [0.15, 0.2) is 65.8 Å². The van der Waals surface area contributed by atoms with E-state index < -0.39 is 11.6 Å². The molecule has 0 bridgehead atoms. The van der Waals surface area contributed by atoms with Gasteiger partial charge in [0.05, 0.1) is 6.04 Å². The lowest BCUT2D eigenvalue weighted by atomic mass is 9.77. The number of rotatable bonds is 4. The molecule has 0 saturated carbocycles. The molecule has 0 radical (unpaired) electrons. The van der Waals surface area contributed by atoms with Crippen LogP contribution in [0.4, 0.5) is 0 Å². The Kier molecular flexibility index (Phi) is 4.42. The molecule has 23 heavy (non-hydrogen) atoms. The number of carbonyl (C=O) groups excluding carboxylic acids is 1. The van der Waals surface area contributed by atoms with E-state index in [9.17, 15) is 4.79 Å². The smallest absolute Gasteiger partial charge is 0.199 e. The summed E-state index contributed by atoms with van der Waals surface area (Å²) < 4.78 is 6.02. The Bertz CT molecular complexity index is 726. The third-order valence-electron chi connectivity index (χ3n) is 4.19. The summed E-state index contributed by atoms with van der Waals surface area (Å²) in [6, 6.07) is 17.8. The highest BCUT2D eigenvalue weighted by molar-refractivity contribution is 6.03. The summed E-state index contributed by atoms with van der Waals surface area (Å²) in [5.74, 6) is -0.165. The van der Waals surface area contributed by atoms with Gasteiger partial charge in [-0.1, -0.05) is 65.8 Å². The van der Waals surface area contributed by atoms with E-state index in [2.05, 4.69) is 10.0 Å². The Hall–Kier alpha value is -2.62. The standard InChI is InChI=1S/C18H17N3O2/c19-21-20-16-12-7-13-23-18(16,15-10-5-2-6-11-15)17(22)14-8-3-1-4-9-14/h1-6,8-11,16H,7,12-13H2/t16-,18+/m0/s1. The zero-order valence-corrected chi connectivity index (χ0v) is 12.6. The van der Waals surface area contributed by atoms with Crippen molar-refractivity contribution in [1.82, 2.24) is 0 Å². The first kappa shape index (κ1) is 15.3. The van der Waals surface area contributed by atoms with Crippen molar-refractivity contribution in [3.63, 3.8) is 0 Å². The van der Waals surface area contributed by atoms with Gasteiger partial charge in [-0.15, -0.1) is 0 Å². The Balaban J connectivity index is 2.17. The molecule has 2 atom stereocenters. The third kappa shape index (κ3) is 2.72. The predicted molar refractivity (Wildman–Crippen MR) is 87.0 cm³/mol. The van der Waals surface area contributed by atoms with Gasteiger partial charge in [0.15, 0.2) is 11.4 Å². The molecule has 2 aromatic rings. The van der Waals surface area contributed by atoms with Gasteiger partial charge in [0.25, 0.3) is 0 Å². The number of nitrogens with zero attached hydrogens (tertiary/aromatic N) is 3. The molecule has 1 aliphatic rings. The van der Waals surface area contributed by atoms with Crippen molar-refractivity contribution in [3.8, 4) is 0 Å². The number of hydrogen-bond acceptors (Lipinski definition) is 3. The zero-order valence-electron chi connectivity index (χ0n) is 12.6. The minimum absolute atomic E-state index is 0.165. The average molecular weight is 307 g/mol. The number of ketones is 1. The Morgan fingerprint density at radius 1 is 1.13 bits per heavy atom. The lowest BCUT2D eigenvalue weighted by Gasteiger charge is -2.41. The highest BCUT2D eigenvalue weighted by atomic mass is 16.5. The maximum atomic E-state index is 13.3. The molecule has 2 aromatic carbocycles. The van der Waals surface area contributed by atoms with Crippen molar-refractivity contribution in [1.29, 1.82) is 0 Å². The molecule has 1 heterocycles. The number of benzene rings is 2. The normalized spacial score (nSPS) is 23.7. The third-order valence-corrected chi connectivity index (χ3v) is 4.19. The quantitative estimate of drug-likeness (QED) is 0.366. The van der Waals surface area contributed by atoms with E-state index >= 15 is 0 Å². The van der Waals surface area contributed by atoms with E-state index in [4.69, 9.17) is 10.3 Å². The van der Waals surface area contributed by atoms with Crippen LogP contribution < -0.4 is 0 Å². The highest BCUT2D eigenvalue weighted by Crippen LogP contribution is 2.40. The Morgan fingerprint density at radius 2 is 1.78 bits per heavy atom. The molecule has 5 nitrogen and oxygen atoms in total. The van der Waals surface area contributed by atoms with Gasteiger partial charge in [-0.05, 0) is 23.9 Å². The van der Waals surface area contributed by atoms with Gasteiger partial charge < -0.3 is 4.74 Å². The van der Waals surface area contributed by atoms with Crippen molar-refractivity contribution in [2.75, 3.05) is 6.61 Å². The molecule has 1 fully saturated rings. The summed E-state index contributed by atoms with van der Waals surface area (Å²) >= 11 is 0. The van der Waals surface area contributed by atoms with Crippen LogP contribution in [0.3, 0.4) is 0 Å². The average Bonchev–Trinajstić information content (AvgIpc) is 2.63. The second-order valence-corrected chi connectivity index (χ2v) is 5.51. The van der Waals surface area contributed by atoms with Gasteiger partial charge in [-0.3, -0.25) is 4.79 Å². The molecule has 0 spiro atoms. The summed E-state index contributed by atoms with van der Waals surface area (Å²) in [4.78, 5) is 16.2. The lowest BCUT2D eigenvalue weighted by Crippen LogP contribution is -2.51. The minimum atomic E-state index is -1.26. The van der Waals surface area contributed by atoms with Crippen LogP contribution in [0.2, 0.25) is 0 Å². The molecule has 116 valence electrons. The Morgan fingerprint density at radius 3 is 2.43 bits per heavy atom. The molecular formula is C18H17N3O2. The van der Waals surface area contributed by atoms with Crippen LogP contribution in [0, 0.1) is 0 Å². The van der Waals surface area contributed by atoms with E-state index in [1.165, 1.54) is 0 Å². The monoisotopic (exact) mass is 307 g/mol. The maximum absolute atomic E-state index is 13.3. The van der Waals surface area contributed by atoms with Crippen molar-refractivity contribution >= 4 is 5.78 Å². The van der Waals surface area contributed by atoms with Gasteiger partial charge in [-0.25, -0.2) is 0 Å². The number of azide groups is 1. The second kappa shape index (κ2) is 6.65. The molecule has 0 unspecified atom stereocenters. The molecule has 0 aliphatic carbocycles. The number of Topliss-reactive ketones (excluding diaryl/α,β-unsaturated/α-hetero) is 1. The van der Waals surface area contributed by atoms with Gasteiger partial charge in [0.2, 0.25) is 0 Å². The van der Waals surface area contributed by atoms with Crippen LogP contribution >= 0.6 is 0 Å². The molecule has 5 heteroatoms. The summed E-state index contributed by atoms with van der Waals surface area (Å²) in [6.45, 7) is 0.463. The van der Waals surface area contributed by atoms with E-state index in [0.29, 0.717) is 18.6 Å². The largest absolute Gasteiger partial charge is 0.362 e. The summed E-state index contributed by atoms with van der Waals surface area (Å²) in [7, 11) is 0. The molecule has 0 amide bonds. The van der Waals surface area contributed by atoms with Crippen molar-refractivity contribution in [2.24, 2.45) is 5.11 Å². The van der Waals surface area contributed by atoms with Gasteiger partial charge >= 0.3 is 0 Å². The predicted octanol–water partition coefficient (Wildman–Crippen LogP) is 4.25. The first-order chi connectivity index (χ1) is 11.3. The van der Waals surface area contributed by atoms with Gasteiger partial charge in [0, 0.05) is 17.1 Å². The molecule has 0 N–H and O–H groups in total. The fourth-order valence-corrected chi connectivity index (χ4v) is 3.12. The summed E-state index contributed by atoms with van der Waals surface area (Å²) in [5.41, 5.74) is 8.96. The minimum Gasteiger partial charge on any atom is -0.362 e. The fourth-order valence-electron chi connectivity index (χ4n) is 3.12. The summed E-state index contributed by atoms with van der Waals surface area (Å²) in [5, 5.41) is 3.89. The molecule has 1 aliphatic heterocycles. The number of hydrogen-bond donors (Lipinski definition) is 0. The van der Waals surface area contributed by atoms with Crippen molar-refractivity contribution < 1.29 is 9.53 Å². The van der Waals surface area contributed by atoms with E-state index in [1.807, 2.05) is 48.5 Å². The molecule has 3 rings (SSSR count). The molecule has 1 saturated heterocycles. The first-order valence-electron chi connectivity index (χ1n) is 7.62. The topological polar surface area (TPSA) is 75.1 Å². The van der Waals surface area contributed by atoms with E-state index in [0.717, 1.165) is 12.0 Å². The molecule has 0 aromatic heterocycles. The summed E-state index contributed by atoms with van der Waals surface area (Å²) in [6.07, 6.45) is 1.39. The second-order valence-electron chi connectivity index (χ2n) is 5.51. The Labute approximate surface area is 134 Å². The van der Waals surface area contributed by atoms with Crippen LogP contribution in [0.1, 0.15) is 28.8 Å². The lowest BCUT2D eigenvalue weighted by molar-refractivity contribution is -0.0703. The number of carbonyl (C=O) groups is 1. The molecular weight excluding hydrogens is 290 g/mol. The van der Waals surface area contributed by atoms with E-state index in [-0.39, 0.29) is 5.78 Å². The zero-order chi connectivity index (χ0) is 16.1. The maximum Gasteiger partial charge on any atom is 0.199 e. The SMILES string of the molecule is [N-]=[N+]=N[C@H]1CCCO[C@]1(C(=O)c1ccccc1)c1ccccc1. The van der Waals surface area contributed by atoms with Crippen LogP contribution in [0.25, 0.3) is 10.4 Å². The highest BCUT2D eigenvalue weighted by Gasteiger charge is 2.49. The number of ether oxygens (including phenoxy) is 1. The van der Waals surface area contributed by atoms with Crippen LogP contribution in [0.5, 0.6) is 0 Å². The van der Waals surface area contributed by atoms with Gasteiger partial charge in [0.1, 0.15) is 0 Å². The van der Waals surface area contributed by atoms with Gasteiger partial charge in [-0.2, -0.15) is 0 Å².